The SMILES string of the molecule is c1ccc(-c2cccc(N3c4ccccc4Sc4cc(-c5cccc(-c6ccc7c8ccccc8n(-c8ccc9c%10ccccc%10c%10ccccc%10c9c8)c7c6)c5)ccc43)c2)cc1. The molecule has 63 heavy (non-hydrogen) atoms. The molecule has 0 saturated heterocycles. The summed E-state index contributed by atoms with van der Waals surface area (Å²) in [4.78, 5) is 4.91. The van der Waals surface area contributed by atoms with Gasteiger partial charge in [0.15, 0.2) is 0 Å². The van der Waals surface area contributed by atoms with Crippen molar-refractivity contribution >= 4 is 82.9 Å². The number of benzene rings is 11. The predicted molar refractivity (Wildman–Crippen MR) is 268 cm³/mol. The monoisotopic (exact) mass is 818 g/mol. The summed E-state index contributed by atoms with van der Waals surface area (Å²) in [6, 6.07) is 84.8. The van der Waals surface area contributed by atoms with Gasteiger partial charge in [0.1, 0.15) is 0 Å². The van der Waals surface area contributed by atoms with Gasteiger partial charge in [-0.3, -0.25) is 0 Å². The van der Waals surface area contributed by atoms with Crippen molar-refractivity contribution in [3.63, 3.8) is 0 Å². The van der Waals surface area contributed by atoms with Crippen LogP contribution in [-0.2, 0) is 0 Å². The number of hydrogen-bond donors (Lipinski definition) is 0. The zero-order valence-corrected chi connectivity index (χ0v) is 35.1. The average Bonchev–Trinajstić information content (AvgIpc) is 3.69. The standard InChI is InChI=1S/C60H38N2S/c1-2-14-39(15-3-1)42-18-13-19-45(35-42)62-56-26-10-11-27-59(56)63-60-37-44(29-33-57(60)62)41-17-12-16-40(34-41)43-28-31-53-52-24-8-9-25-55(52)61(58(53)36-43)46-30-32-51-49-22-5-4-20-47(49)48-21-6-7-23-50(48)54(51)38-46/h1-38H. The first-order valence-corrected chi connectivity index (χ1v) is 22.4. The molecule has 13 rings (SSSR count). The summed E-state index contributed by atoms with van der Waals surface area (Å²) in [6.07, 6.45) is 0. The van der Waals surface area contributed by atoms with Crippen LogP contribution in [0.25, 0.3) is 93.2 Å². The molecule has 0 amide bonds. The number of hydrogen-bond acceptors (Lipinski definition) is 2. The maximum absolute atomic E-state index is 2.46. The van der Waals surface area contributed by atoms with Crippen LogP contribution in [0.5, 0.6) is 0 Å². The van der Waals surface area contributed by atoms with E-state index in [1.807, 2.05) is 11.8 Å². The minimum atomic E-state index is 1.15. The lowest BCUT2D eigenvalue weighted by Crippen LogP contribution is -2.14. The Morgan fingerprint density at radius 1 is 0.254 bits per heavy atom. The van der Waals surface area contributed by atoms with Gasteiger partial charge in [0, 0.05) is 31.9 Å². The minimum absolute atomic E-state index is 1.15. The van der Waals surface area contributed by atoms with E-state index in [4.69, 9.17) is 0 Å². The molecule has 0 fully saturated rings. The maximum atomic E-state index is 2.46. The van der Waals surface area contributed by atoms with Crippen LogP contribution in [-0.4, -0.2) is 4.57 Å². The zero-order chi connectivity index (χ0) is 41.4. The van der Waals surface area contributed by atoms with Crippen molar-refractivity contribution in [2.45, 2.75) is 9.79 Å². The van der Waals surface area contributed by atoms with Crippen LogP contribution in [0.1, 0.15) is 0 Å². The first-order chi connectivity index (χ1) is 31.2. The van der Waals surface area contributed by atoms with Crippen LogP contribution in [0.2, 0.25) is 0 Å². The molecule has 0 saturated carbocycles. The minimum Gasteiger partial charge on any atom is -0.309 e. The van der Waals surface area contributed by atoms with Crippen molar-refractivity contribution in [1.82, 2.24) is 4.57 Å². The van der Waals surface area contributed by atoms with Crippen molar-refractivity contribution in [3.05, 3.63) is 231 Å². The van der Waals surface area contributed by atoms with Gasteiger partial charge in [-0.15, -0.1) is 0 Å². The number of nitrogens with zero attached hydrogens (tertiary/aromatic N) is 2. The number of fused-ring (bicyclic) bond motifs is 11. The summed E-state index contributed by atoms with van der Waals surface area (Å²) in [5, 5.41) is 10.2. The third-order valence-corrected chi connectivity index (χ3v) is 14.0. The predicted octanol–water partition coefficient (Wildman–Crippen LogP) is 17.2. The largest absolute Gasteiger partial charge is 0.309 e. The Labute approximate surface area is 369 Å². The molecule has 12 aromatic rings. The first-order valence-electron chi connectivity index (χ1n) is 21.6. The van der Waals surface area contributed by atoms with E-state index in [9.17, 15) is 0 Å². The van der Waals surface area contributed by atoms with Crippen LogP contribution in [0, 0.1) is 0 Å². The summed E-state index contributed by atoms with van der Waals surface area (Å²) >= 11 is 1.85. The Bertz CT molecular complexity index is 3750. The lowest BCUT2D eigenvalue weighted by Gasteiger charge is -2.33. The van der Waals surface area contributed by atoms with Gasteiger partial charge >= 0.3 is 0 Å². The maximum Gasteiger partial charge on any atom is 0.0602 e. The van der Waals surface area contributed by atoms with Crippen LogP contribution < -0.4 is 4.90 Å². The van der Waals surface area contributed by atoms with E-state index in [0.29, 0.717) is 0 Å². The lowest BCUT2D eigenvalue weighted by molar-refractivity contribution is 1.17. The molecule has 0 N–H and O–H groups in total. The molecule has 0 bridgehead atoms. The highest BCUT2D eigenvalue weighted by Gasteiger charge is 2.26. The Morgan fingerprint density at radius 3 is 1.56 bits per heavy atom. The number of para-hydroxylation sites is 2. The highest BCUT2D eigenvalue weighted by molar-refractivity contribution is 7.99. The van der Waals surface area contributed by atoms with Gasteiger partial charge < -0.3 is 9.47 Å². The third-order valence-electron chi connectivity index (χ3n) is 12.9. The van der Waals surface area contributed by atoms with Gasteiger partial charge in [0.05, 0.1) is 22.4 Å². The van der Waals surface area contributed by atoms with E-state index in [1.165, 1.54) is 109 Å². The van der Waals surface area contributed by atoms with Gasteiger partial charge in [-0.1, -0.05) is 176 Å². The Hall–Kier alpha value is -7.85. The van der Waals surface area contributed by atoms with E-state index >= 15 is 0 Å². The fraction of sp³-hybridized carbons (Fsp3) is 0. The lowest BCUT2D eigenvalue weighted by atomic mass is 9.94. The molecule has 2 heterocycles. The Kier molecular flexibility index (Phi) is 8.18. The summed E-state index contributed by atoms with van der Waals surface area (Å²) in [5.41, 5.74) is 14.3. The van der Waals surface area contributed by atoms with Crippen molar-refractivity contribution in [2.75, 3.05) is 4.90 Å². The smallest absolute Gasteiger partial charge is 0.0602 e. The number of anilines is 3. The van der Waals surface area contributed by atoms with Crippen molar-refractivity contribution < 1.29 is 0 Å². The first kappa shape index (κ1) is 35.9. The molecule has 3 heteroatoms. The average molecular weight is 819 g/mol. The summed E-state index contributed by atoms with van der Waals surface area (Å²) in [7, 11) is 0. The fourth-order valence-corrected chi connectivity index (χ4v) is 11.1. The fourth-order valence-electron chi connectivity index (χ4n) is 10.0. The molecule has 294 valence electrons. The van der Waals surface area contributed by atoms with Crippen LogP contribution >= 0.6 is 11.8 Å². The second kappa shape index (κ2) is 14.4. The van der Waals surface area contributed by atoms with Crippen LogP contribution in [0.3, 0.4) is 0 Å². The van der Waals surface area contributed by atoms with E-state index in [1.54, 1.807) is 0 Å². The molecule has 2 nitrogen and oxygen atoms in total. The number of rotatable bonds is 5. The zero-order valence-electron chi connectivity index (χ0n) is 34.2. The highest BCUT2D eigenvalue weighted by atomic mass is 32.2. The van der Waals surface area contributed by atoms with E-state index < -0.39 is 0 Å². The molecular weight excluding hydrogens is 781 g/mol. The molecule has 0 unspecified atom stereocenters. The quantitative estimate of drug-likeness (QED) is 0.160. The molecule has 0 atom stereocenters. The molecule has 0 aliphatic carbocycles. The summed E-state index contributed by atoms with van der Waals surface area (Å²) in [6.45, 7) is 0. The van der Waals surface area contributed by atoms with Gasteiger partial charge in [-0.25, -0.2) is 0 Å². The van der Waals surface area contributed by atoms with E-state index in [2.05, 4.69) is 240 Å². The van der Waals surface area contributed by atoms with E-state index in [-0.39, 0.29) is 0 Å². The second-order valence-electron chi connectivity index (χ2n) is 16.5. The molecule has 0 spiro atoms. The Balaban J connectivity index is 0.915. The topological polar surface area (TPSA) is 8.17 Å². The van der Waals surface area contributed by atoms with Gasteiger partial charge in [0.2, 0.25) is 0 Å². The van der Waals surface area contributed by atoms with Crippen molar-refractivity contribution in [3.8, 4) is 39.1 Å². The van der Waals surface area contributed by atoms with Crippen LogP contribution in [0.4, 0.5) is 17.1 Å². The molecule has 1 aromatic heterocycles. The van der Waals surface area contributed by atoms with Gasteiger partial charge in [-0.2, -0.15) is 0 Å². The molecule has 1 aliphatic heterocycles. The summed E-state index contributed by atoms with van der Waals surface area (Å²) in [5.74, 6) is 0. The highest BCUT2D eigenvalue weighted by Crippen LogP contribution is 2.52. The molecule has 11 aromatic carbocycles. The Morgan fingerprint density at radius 2 is 0.778 bits per heavy atom. The third kappa shape index (κ3) is 5.81. The van der Waals surface area contributed by atoms with Gasteiger partial charge in [-0.05, 0) is 132 Å². The molecule has 1 aliphatic rings. The number of aromatic nitrogens is 1. The normalized spacial score (nSPS) is 12.3. The van der Waals surface area contributed by atoms with Gasteiger partial charge in [0.25, 0.3) is 0 Å². The van der Waals surface area contributed by atoms with Crippen molar-refractivity contribution in [2.24, 2.45) is 0 Å². The van der Waals surface area contributed by atoms with E-state index in [0.717, 1.165) is 11.4 Å². The second-order valence-corrected chi connectivity index (χ2v) is 17.6. The van der Waals surface area contributed by atoms with Crippen molar-refractivity contribution in [1.29, 1.82) is 0 Å². The molecular formula is C60H38N2S. The van der Waals surface area contributed by atoms with Crippen LogP contribution in [0.15, 0.2) is 240 Å². The summed E-state index contributed by atoms with van der Waals surface area (Å²) < 4.78 is 2.46. The molecule has 0 radical (unpaired) electrons.